The van der Waals surface area contributed by atoms with E-state index in [0.717, 1.165) is 30.4 Å². The average Bonchev–Trinajstić information content (AvgIpc) is 3.02. The minimum absolute atomic E-state index is 0.642. The third-order valence-electron chi connectivity index (χ3n) is 3.55. The highest BCUT2D eigenvalue weighted by Gasteiger charge is 2.03. The molecule has 0 radical (unpaired) electrons. The maximum Gasteiger partial charge on any atom is 0.196 e. The molecule has 25 heavy (non-hydrogen) atoms. The van der Waals surface area contributed by atoms with Crippen molar-refractivity contribution >= 4 is 23.0 Å². The molecule has 0 fully saturated rings. The number of anilines is 1. The smallest absolute Gasteiger partial charge is 0.196 e. The molecule has 0 unspecified atom stereocenters. The van der Waals surface area contributed by atoms with Crippen molar-refractivity contribution in [2.75, 3.05) is 32.2 Å². The number of aryl methyl sites for hydroxylation is 1. The molecule has 0 bridgehead atoms. The van der Waals surface area contributed by atoms with E-state index in [9.17, 15) is 0 Å². The molecule has 2 rings (SSSR count). The second kappa shape index (κ2) is 10.7. The van der Waals surface area contributed by atoms with Crippen molar-refractivity contribution in [1.29, 1.82) is 0 Å². The van der Waals surface area contributed by atoms with Crippen molar-refractivity contribution in [2.45, 2.75) is 26.8 Å². The van der Waals surface area contributed by atoms with Gasteiger partial charge in [0.15, 0.2) is 5.96 Å². The average molecular weight is 362 g/mol. The minimum Gasteiger partial charge on any atom is -0.493 e. The van der Waals surface area contributed by atoms with Crippen LogP contribution >= 0.6 is 11.3 Å². The number of nitrogens with zero attached hydrogens (tertiary/aromatic N) is 1. The van der Waals surface area contributed by atoms with E-state index in [1.807, 2.05) is 24.3 Å². The molecule has 0 aliphatic heterocycles. The summed E-state index contributed by atoms with van der Waals surface area (Å²) in [6, 6.07) is 10.0. The van der Waals surface area contributed by atoms with E-state index >= 15 is 0 Å². The molecule has 1 heterocycles. The van der Waals surface area contributed by atoms with E-state index in [4.69, 9.17) is 9.47 Å². The van der Waals surface area contributed by atoms with E-state index in [1.165, 1.54) is 10.4 Å². The van der Waals surface area contributed by atoms with Crippen LogP contribution < -0.4 is 15.4 Å². The lowest BCUT2D eigenvalue weighted by Gasteiger charge is -2.13. The summed E-state index contributed by atoms with van der Waals surface area (Å²) in [6.07, 6.45) is 0.873. The number of guanidine groups is 1. The molecular formula is C19H27N3O2S. The standard InChI is InChI=1S/C19H27N3O2S/c1-4-20-19(21-14-18-15(2)9-12-25-18)22-16-7-5-8-17(13-16)24-11-6-10-23-3/h5,7-9,12-13H,4,6,10-11,14H2,1-3H3,(H2,20,21,22). The van der Waals surface area contributed by atoms with Crippen LogP contribution in [-0.4, -0.2) is 32.8 Å². The zero-order chi connectivity index (χ0) is 17.9. The van der Waals surface area contributed by atoms with Crippen molar-refractivity contribution in [3.63, 3.8) is 0 Å². The lowest BCUT2D eigenvalue weighted by Crippen LogP contribution is -2.30. The van der Waals surface area contributed by atoms with E-state index < -0.39 is 0 Å². The number of hydrogen-bond acceptors (Lipinski definition) is 4. The van der Waals surface area contributed by atoms with Gasteiger partial charge < -0.3 is 20.1 Å². The summed E-state index contributed by atoms with van der Waals surface area (Å²) < 4.78 is 10.8. The Morgan fingerprint density at radius 1 is 1.24 bits per heavy atom. The topological polar surface area (TPSA) is 54.9 Å². The highest BCUT2D eigenvalue weighted by molar-refractivity contribution is 7.10. The quantitative estimate of drug-likeness (QED) is 0.402. The third-order valence-corrected chi connectivity index (χ3v) is 4.56. The molecule has 6 heteroatoms. The third kappa shape index (κ3) is 6.76. The van der Waals surface area contributed by atoms with Crippen LogP contribution in [0.2, 0.25) is 0 Å². The van der Waals surface area contributed by atoms with Gasteiger partial charge in [-0.15, -0.1) is 11.3 Å². The van der Waals surface area contributed by atoms with Gasteiger partial charge in [-0.05, 0) is 43.0 Å². The van der Waals surface area contributed by atoms with Gasteiger partial charge in [-0.2, -0.15) is 0 Å². The minimum atomic E-state index is 0.642. The van der Waals surface area contributed by atoms with Gasteiger partial charge >= 0.3 is 0 Å². The lowest BCUT2D eigenvalue weighted by molar-refractivity contribution is 0.172. The van der Waals surface area contributed by atoms with Crippen LogP contribution in [-0.2, 0) is 11.3 Å². The molecule has 1 aromatic heterocycles. The van der Waals surface area contributed by atoms with Gasteiger partial charge in [0.05, 0.1) is 13.2 Å². The largest absolute Gasteiger partial charge is 0.493 e. The second-order valence-electron chi connectivity index (χ2n) is 5.57. The maximum atomic E-state index is 5.75. The first-order valence-electron chi connectivity index (χ1n) is 8.53. The summed E-state index contributed by atoms with van der Waals surface area (Å²) >= 11 is 1.74. The van der Waals surface area contributed by atoms with Crippen LogP contribution in [0, 0.1) is 6.92 Å². The maximum absolute atomic E-state index is 5.75. The zero-order valence-corrected chi connectivity index (χ0v) is 16.0. The number of benzene rings is 1. The van der Waals surface area contributed by atoms with Crippen LogP contribution in [0.5, 0.6) is 5.75 Å². The number of aliphatic imine (C=N–C) groups is 1. The van der Waals surface area contributed by atoms with Crippen LogP contribution in [0.3, 0.4) is 0 Å². The van der Waals surface area contributed by atoms with Crippen molar-refractivity contribution in [2.24, 2.45) is 4.99 Å². The van der Waals surface area contributed by atoms with Crippen molar-refractivity contribution < 1.29 is 9.47 Å². The first-order chi connectivity index (χ1) is 12.2. The van der Waals surface area contributed by atoms with Crippen molar-refractivity contribution in [1.82, 2.24) is 5.32 Å². The normalized spacial score (nSPS) is 11.4. The molecule has 0 aliphatic rings. The van der Waals surface area contributed by atoms with Gasteiger partial charge in [0.1, 0.15) is 5.75 Å². The monoisotopic (exact) mass is 361 g/mol. The fourth-order valence-electron chi connectivity index (χ4n) is 2.22. The summed E-state index contributed by atoms with van der Waals surface area (Å²) in [5, 5.41) is 8.72. The van der Waals surface area contributed by atoms with Gasteiger partial charge in [0, 0.05) is 43.3 Å². The first kappa shape index (κ1) is 19.3. The highest BCUT2D eigenvalue weighted by atomic mass is 32.1. The van der Waals surface area contributed by atoms with Crippen LogP contribution in [0.4, 0.5) is 5.69 Å². The van der Waals surface area contributed by atoms with E-state index in [1.54, 1.807) is 18.4 Å². The Bertz CT molecular complexity index is 670. The Morgan fingerprint density at radius 3 is 2.84 bits per heavy atom. The highest BCUT2D eigenvalue weighted by Crippen LogP contribution is 2.19. The SMILES string of the molecule is CCNC(=NCc1sccc1C)Nc1cccc(OCCCOC)c1. The number of hydrogen-bond donors (Lipinski definition) is 2. The zero-order valence-electron chi connectivity index (χ0n) is 15.2. The van der Waals surface area contributed by atoms with Crippen LogP contribution in [0.15, 0.2) is 40.7 Å². The van der Waals surface area contributed by atoms with E-state index in [-0.39, 0.29) is 0 Å². The molecule has 0 saturated heterocycles. The molecule has 0 aliphatic carbocycles. The predicted molar refractivity (Wildman–Crippen MR) is 106 cm³/mol. The van der Waals surface area contributed by atoms with E-state index in [2.05, 4.69) is 40.9 Å². The van der Waals surface area contributed by atoms with Gasteiger partial charge in [-0.3, -0.25) is 0 Å². The molecule has 2 aromatic rings. The Kier molecular flexibility index (Phi) is 8.28. The molecule has 1 aromatic carbocycles. The molecule has 5 nitrogen and oxygen atoms in total. The first-order valence-corrected chi connectivity index (χ1v) is 9.41. The summed E-state index contributed by atoms with van der Waals surface area (Å²) in [7, 11) is 1.70. The number of methoxy groups -OCH3 is 1. The molecule has 0 saturated carbocycles. The number of ether oxygens (including phenoxy) is 2. The Hall–Kier alpha value is -2.05. The fraction of sp³-hybridized carbons (Fsp3) is 0.421. The predicted octanol–water partition coefficient (Wildman–Crippen LogP) is 4.05. The van der Waals surface area contributed by atoms with Gasteiger partial charge in [-0.25, -0.2) is 4.99 Å². The molecular weight excluding hydrogens is 334 g/mol. The molecule has 0 atom stereocenters. The van der Waals surface area contributed by atoms with Crippen molar-refractivity contribution in [3.8, 4) is 5.75 Å². The molecule has 0 amide bonds. The number of nitrogens with one attached hydrogen (secondary N) is 2. The lowest BCUT2D eigenvalue weighted by atomic mass is 10.3. The Balaban J connectivity index is 1.97. The van der Waals surface area contributed by atoms with Crippen LogP contribution in [0.1, 0.15) is 23.8 Å². The summed E-state index contributed by atoms with van der Waals surface area (Å²) in [5.74, 6) is 1.61. The Labute approximate surface area is 154 Å². The van der Waals surface area contributed by atoms with Gasteiger partial charge in [-0.1, -0.05) is 6.07 Å². The summed E-state index contributed by atoms with van der Waals surface area (Å²) in [5.41, 5.74) is 2.24. The van der Waals surface area contributed by atoms with Gasteiger partial charge in [0.2, 0.25) is 0 Å². The summed E-state index contributed by atoms with van der Waals surface area (Å²) in [4.78, 5) is 5.96. The van der Waals surface area contributed by atoms with Gasteiger partial charge in [0.25, 0.3) is 0 Å². The van der Waals surface area contributed by atoms with Crippen molar-refractivity contribution in [3.05, 3.63) is 46.2 Å². The Morgan fingerprint density at radius 2 is 2.12 bits per heavy atom. The number of thiophene rings is 1. The second-order valence-corrected chi connectivity index (χ2v) is 6.57. The van der Waals surface area contributed by atoms with Crippen LogP contribution in [0.25, 0.3) is 0 Å². The van der Waals surface area contributed by atoms with E-state index in [0.29, 0.717) is 19.8 Å². The fourth-order valence-corrected chi connectivity index (χ4v) is 3.05. The molecule has 2 N–H and O–H groups in total. The number of rotatable bonds is 9. The summed E-state index contributed by atoms with van der Waals surface area (Å²) in [6.45, 7) is 7.00. The molecule has 136 valence electrons. The molecule has 0 spiro atoms.